The van der Waals surface area contributed by atoms with Crippen LogP contribution in [0, 0.1) is 20.8 Å². The van der Waals surface area contributed by atoms with Gasteiger partial charge in [0.05, 0.1) is 5.52 Å². The molecule has 0 saturated heterocycles. The van der Waals surface area contributed by atoms with Crippen molar-refractivity contribution in [2.24, 2.45) is 0 Å². The number of nitrogen functional groups attached to an aromatic ring is 1. The van der Waals surface area contributed by atoms with Crippen molar-refractivity contribution in [3.05, 3.63) is 17.1 Å². The Morgan fingerprint density at radius 2 is 1.94 bits per heavy atom. The Labute approximate surface area is 112 Å². The van der Waals surface area contributed by atoms with Crippen LogP contribution in [-0.2, 0) is 6.54 Å². The molecule has 0 aliphatic heterocycles. The number of pyridine rings is 1. The van der Waals surface area contributed by atoms with Gasteiger partial charge in [0.2, 0.25) is 0 Å². The summed E-state index contributed by atoms with van der Waals surface area (Å²) >= 11 is 1.87. The monoisotopic (exact) mass is 264 g/mol. The number of hydrogen-bond donors (Lipinski definition) is 1. The lowest BCUT2D eigenvalue weighted by molar-refractivity contribution is 0.679. The lowest BCUT2D eigenvalue weighted by Gasteiger charge is -2.09. The van der Waals surface area contributed by atoms with Crippen molar-refractivity contribution in [1.82, 2.24) is 14.5 Å². The molecule has 4 nitrogen and oxygen atoms in total. The van der Waals surface area contributed by atoms with Gasteiger partial charge < -0.3 is 10.3 Å². The summed E-state index contributed by atoms with van der Waals surface area (Å²) in [6.07, 6.45) is 3.28. The molecule has 5 heteroatoms. The molecular weight excluding hydrogens is 244 g/mol. The fourth-order valence-corrected chi connectivity index (χ4v) is 2.67. The van der Waals surface area contributed by atoms with Crippen LogP contribution in [0.4, 0.5) is 5.82 Å². The molecule has 2 heterocycles. The van der Waals surface area contributed by atoms with Crippen LogP contribution in [0.2, 0.25) is 0 Å². The first-order chi connectivity index (χ1) is 8.56. The second kappa shape index (κ2) is 5.18. The molecular formula is C13H20N4S. The van der Waals surface area contributed by atoms with Crippen molar-refractivity contribution in [2.45, 2.75) is 33.7 Å². The zero-order chi connectivity index (χ0) is 13.3. The normalized spacial score (nSPS) is 11.3. The van der Waals surface area contributed by atoms with Gasteiger partial charge in [-0.15, -0.1) is 0 Å². The lowest BCUT2D eigenvalue weighted by Crippen LogP contribution is -2.04. The van der Waals surface area contributed by atoms with Gasteiger partial charge in [0.15, 0.2) is 5.82 Å². The molecule has 0 aliphatic rings. The number of thioether (sulfide) groups is 1. The number of aromatic nitrogens is 3. The number of rotatable bonds is 4. The minimum atomic E-state index is 0.541. The third-order valence-electron chi connectivity index (χ3n) is 3.32. The van der Waals surface area contributed by atoms with Crippen molar-refractivity contribution in [3.8, 4) is 0 Å². The Balaban J connectivity index is 2.54. The van der Waals surface area contributed by atoms with Crippen molar-refractivity contribution in [2.75, 3.05) is 17.7 Å². The molecule has 0 spiro atoms. The molecule has 2 N–H and O–H groups in total. The Bertz CT molecular complexity index is 574. The predicted octanol–water partition coefficient (Wildman–Crippen LogP) is 2.69. The lowest BCUT2D eigenvalue weighted by atomic mass is 10.2. The first-order valence-corrected chi connectivity index (χ1v) is 7.54. The Morgan fingerprint density at radius 3 is 2.61 bits per heavy atom. The summed E-state index contributed by atoms with van der Waals surface area (Å²) in [5.74, 6) is 2.73. The molecule has 0 saturated carbocycles. The van der Waals surface area contributed by atoms with E-state index in [1.54, 1.807) is 0 Å². The number of aryl methyl sites for hydroxylation is 4. The first kappa shape index (κ1) is 13.2. The molecule has 2 aromatic rings. The average molecular weight is 264 g/mol. The topological polar surface area (TPSA) is 56.7 Å². The number of hydrogen-bond acceptors (Lipinski definition) is 4. The van der Waals surface area contributed by atoms with Crippen molar-refractivity contribution in [3.63, 3.8) is 0 Å². The van der Waals surface area contributed by atoms with Crippen molar-refractivity contribution in [1.29, 1.82) is 0 Å². The minimum Gasteiger partial charge on any atom is -0.382 e. The molecule has 98 valence electrons. The van der Waals surface area contributed by atoms with E-state index in [2.05, 4.69) is 27.7 Å². The number of anilines is 1. The fourth-order valence-electron chi connectivity index (χ4n) is 2.25. The Hall–Kier alpha value is -1.23. The first-order valence-electron chi connectivity index (χ1n) is 6.14. The molecule has 0 radical (unpaired) electrons. The summed E-state index contributed by atoms with van der Waals surface area (Å²) in [6.45, 7) is 7.12. The number of nitrogens with two attached hydrogens (primary N) is 1. The van der Waals surface area contributed by atoms with E-state index >= 15 is 0 Å². The molecule has 2 rings (SSSR count). The van der Waals surface area contributed by atoms with Gasteiger partial charge in [-0.3, -0.25) is 0 Å². The summed E-state index contributed by atoms with van der Waals surface area (Å²) in [5.41, 5.74) is 10.1. The third-order valence-corrected chi connectivity index (χ3v) is 4.01. The van der Waals surface area contributed by atoms with Crippen LogP contribution in [0.25, 0.3) is 11.0 Å². The highest BCUT2D eigenvalue weighted by Gasteiger charge is 2.14. The fraction of sp³-hybridized carbons (Fsp3) is 0.538. The highest BCUT2D eigenvalue weighted by molar-refractivity contribution is 7.98. The van der Waals surface area contributed by atoms with E-state index in [1.807, 2.05) is 25.6 Å². The third kappa shape index (κ3) is 2.19. The highest BCUT2D eigenvalue weighted by Crippen LogP contribution is 2.26. The van der Waals surface area contributed by atoms with E-state index in [0.29, 0.717) is 5.82 Å². The number of nitrogens with zero attached hydrogens (tertiary/aromatic N) is 3. The second-order valence-electron chi connectivity index (χ2n) is 4.56. The maximum Gasteiger partial charge on any atom is 0.151 e. The van der Waals surface area contributed by atoms with Crippen LogP contribution in [0.3, 0.4) is 0 Å². The van der Waals surface area contributed by atoms with Gasteiger partial charge in [0.25, 0.3) is 0 Å². The molecule has 18 heavy (non-hydrogen) atoms. The SMILES string of the molecule is CSCCCn1c(C)nc2c(N)nc(C)c(C)c21. The summed E-state index contributed by atoms with van der Waals surface area (Å²) in [7, 11) is 0. The molecule has 0 aromatic carbocycles. The highest BCUT2D eigenvalue weighted by atomic mass is 32.2. The van der Waals surface area contributed by atoms with Crippen LogP contribution in [0.5, 0.6) is 0 Å². The number of fused-ring (bicyclic) bond motifs is 1. The maximum absolute atomic E-state index is 5.97. The number of imidazole rings is 1. The summed E-state index contributed by atoms with van der Waals surface area (Å²) in [4.78, 5) is 8.91. The molecule has 0 fully saturated rings. The molecule has 0 amide bonds. The van der Waals surface area contributed by atoms with Crippen LogP contribution < -0.4 is 5.73 Å². The molecule has 0 aliphatic carbocycles. The van der Waals surface area contributed by atoms with Gasteiger partial charge in [-0.1, -0.05) is 0 Å². The van der Waals surface area contributed by atoms with E-state index in [9.17, 15) is 0 Å². The summed E-state index contributed by atoms with van der Waals surface area (Å²) < 4.78 is 2.27. The van der Waals surface area contributed by atoms with Crippen molar-refractivity contribution < 1.29 is 0 Å². The van der Waals surface area contributed by atoms with Gasteiger partial charge in [0.1, 0.15) is 11.3 Å². The minimum absolute atomic E-state index is 0.541. The van der Waals surface area contributed by atoms with Gasteiger partial charge in [-0.25, -0.2) is 9.97 Å². The van der Waals surface area contributed by atoms with Crippen LogP contribution in [0.1, 0.15) is 23.5 Å². The summed E-state index contributed by atoms with van der Waals surface area (Å²) in [5, 5.41) is 0. The molecule has 0 bridgehead atoms. The van der Waals surface area contributed by atoms with E-state index in [4.69, 9.17) is 5.73 Å². The Kier molecular flexibility index (Phi) is 3.80. The molecule has 0 unspecified atom stereocenters. The quantitative estimate of drug-likeness (QED) is 0.863. The second-order valence-corrected chi connectivity index (χ2v) is 5.55. The van der Waals surface area contributed by atoms with Crippen LogP contribution in [-0.4, -0.2) is 26.5 Å². The van der Waals surface area contributed by atoms with Gasteiger partial charge in [-0.2, -0.15) is 11.8 Å². The molecule has 2 aromatic heterocycles. The standard InChI is InChI=1S/C13H20N4S/c1-8-9(2)15-13(14)11-12(8)17(10(3)16-11)6-5-7-18-4/h5-7H2,1-4H3,(H2,14,15). The van der Waals surface area contributed by atoms with E-state index in [-0.39, 0.29) is 0 Å². The van der Waals surface area contributed by atoms with Crippen LogP contribution >= 0.6 is 11.8 Å². The van der Waals surface area contributed by atoms with Gasteiger partial charge >= 0.3 is 0 Å². The maximum atomic E-state index is 5.97. The average Bonchev–Trinajstić information content (AvgIpc) is 2.65. The summed E-state index contributed by atoms with van der Waals surface area (Å²) in [6, 6.07) is 0. The zero-order valence-electron chi connectivity index (χ0n) is 11.4. The van der Waals surface area contributed by atoms with E-state index in [0.717, 1.165) is 41.3 Å². The zero-order valence-corrected chi connectivity index (χ0v) is 12.3. The molecule has 0 atom stereocenters. The van der Waals surface area contributed by atoms with E-state index < -0.39 is 0 Å². The van der Waals surface area contributed by atoms with Gasteiger partial charge in [-0.05, 0) is 44.8 Å². The van der Waals surface area contributed by atoms with Crippen molar-refractivity contribution >= 4 is 28.6 Å². The predicted molar refractivity (Wildman–Crippen MR) is 79.2 cm³/mol. The largest absolute Gasteiger partial charge is 0.382 e. The Morgan fingerprint density at radius 1 is 1.22 bits per heavy atom. The van der Waals surface area contributed by atoms with Crippen LogP contribution in [0.15, 0.2) is 0 Å². The van der Waals surface area contributed by atoms with E-state index in [1.165, 1.54) is 5.56 Å². The smallest absolute Gasteiger partial charge is 0.151 e. The van der Waals surface area contributed by atoms with Gasteiger partial charge in [0, 0.05) is 12.2 Å².